The first-order chi connectivity index (χ1) is 9.38. The summed E-state index contributed by atoms with van der Waals surface area (Å²) in [7, 11) is 0. The summed E-state index contributed by atoms with van der Waals surface area (Å²) in [6.07, 6.45) is -2.54. The molecule has 20 heavy (non-hydrogen) atoms. The van der Waals surface area contributed by atoms with Gasteiger partial charge in [-0.05, 0) is 43.4 Å². The van der Waals surface area contributed by atoms with Crippen molar-refractivity contribution in [3.63, 3.8) is 0 Å². The minimum atomic E-state index is -4.43. The summed E-state index contributed by atoms with van der Waals surface area (Å²) in [6.45, 7) is 5.60. The van der Waals surface area contributed by atoms with Gasteiger partial charge in [-0.1, -0.05) is 25.4 Å². The predicted molar refractivity (Wildman–Crippen MR) is 73.3 cm³/mol. The van der Waals surface area contributed by atoms with Crippen LogP contribution in [0.5, 0.6) is 0 Å². The van der Waals surface area contributed by atoms with Crippen molar-refractivity contribution in [2.24, 2.45) is 0 Å². The Morgan fingerprint density at radius 3 is 2.35 bits per heavy atom. The van der Waals surface area contributed by atoms with Gasteiger partial charge in [0.15, 0.2) is 0 Å². The number of rotatable bonds is 1. The van der Waals surface area contributed by atoms with E-state index < -0.39 is 11.9 Å². The summed E-state index contributed by atoms with van der Waals surface area (Å²) in [5.74, 6) is 0.238. The Hall–Kier alpha value is -1.23. The summed E-state index contributed by atoms with van der Waals surface area (Å²) in [4.78, 5) is 0. The number of fused-ring (bicyclic) bond motifs is 1. The molecule has 0 aliphatic heterocycles. The maximum absolute atomic E-state index is 13.0. The van der Waals surface area contributed by atoms with Gasteiger partial charge < -0.3 is 0 Å². The number of nitrogens with zero attached hydrogens (tertiary/aromatic N) is 2. The van der Waals surface area contributed by atoms with Crippen molar-refractivity contribution < 1.29 is 13.2 Å². The van der Waals surface area contributed by atoms with Crippen molar-refractivity contribution in [3.05, 3.63) is 34.1 Å². The summed E-state index contributed by atoms with van der Waals surface area (Å²) < 4.78 is 39.9. The zero-order valence-electron chi connectivity index (χ0n) is 11.6. The third kappa shape index (κ3) is 2.64. The molecule has 1 fully saturated rings. The third-order valence-corrected chi connectivity index (χ3v) is 3.66. The van der Waals surface area contributed by atoms with Crippen LogP contribution in [0.3, 0.4) is 0 Å². The van der Waals surface area contributed by atoms with E-state index >= 15 is 0 Å². The highest BCUT2D eigenvalue weighted by Gasteiger charge is 2.36. The first kappa shape index (κ1) is 15.2. The molecule has 0 bridgehead atoms. The molecule has 3 rings (SSSR count). The zero-order valence-corrected chi connectivity index (χ0v) is 12.3. The summed E-state index contributed by atoms with van der Waals surface area (Å²) >= 11 is 6.01. The highest BCUT2D eigenvalue weighted by molar-refractivity contribution is 6.34. The van der Waals surface area contributed by atoms with Crippen molar-refractivity contribution in [1.29, 1.82) is 0 Å². The molecule has 0 aromatic carbocycles. The molecule has 0 radical (unpaired) electrons. The average molecular weight is 305 g/mol. The number of aromatic nitrogens is 2. The van der Waals surface area contributed by atoms with Crippen LogP contribution in [0.25, 0.3) is 5.52 Å². The second kappa shape index (κ2) is 5.28. The fourth-order valence-corrected chi connectivity index (χ4v) is 2.28. The van der Waals surface area contributed by atoms with Gasteiger partial charge in [-0.3, -0.25) is 0 Å². The van der Waals surface area contributed by atoms with E-state index in [4.69, 9.17) is 11.6 Å². The van der Waals surface area contributed by atoms with Crippen LogP contribution in [-0.4, -0.2) is 9.61 Å². The largest absolute Gasteiger partial charge is 0.433 e. The van der Waals surface area contributed by atoms with E-state index in [1.54, 1.807) is 13.0 Å². The Morgan fingerprint density at radius 1 is 1.25 bits per heavy atom. The average Bonchev–Trinajstić information content (AvgIpc) is 3.19. The Balaban J connectivity index is 0.000000704. The molecule has 0 atom stereocenters. The van der Waals surface area contributed by atoms with Gasteiger partial charge in [-0.15, -0.1) is 0 Å². The molecule has 2 aromatic heterocycles. The van der Waals surface area contributed by atoms with Gasteiger partial charge >= 0.3 is 6.18 Å². The zero-order chi connectivity index (χ0) is 15.1. The van der Waals surface area contributed by atoms with E-state index in [9.17, 15) is 13.2 Å². The molecule has 0 unspecified atom stereocenters. The minimum absolute atomic E-state index is 0.238. The van der Waals surface area contributed by atoms with Gasteiger partial charge in [-0.2, -0.15) is 18.3 Å². The predicted octanol–water partition coefficient (Wildman–Crippen LogP) is 5.22. The molecule has 1 saturated carbocycles. The topological polar surface area (TPSA) is 17.3 Å². The molecule has 0 saturated heterocycles. The first-order valence-corrected chi connectivity index (χ1v) is 7.01. The van der Waals surface area contributed by atoms with Crippen LogP contribution in [0.15, 0.2) is 12.1 Å². The van der Waals surface area contributed by atoms with Gasteiger partial charge in [0.2, 0.25) is 0 Å². The first-order valence-electron chi connectivity index (χ1n) is 6.64. The number of hydrogen-bond acceptors (Lipinski definition) is 1. The lowest BCUT2D eigenvalue weighted by Gasteiger charge is -2.11. The summed E-state index contributed by atoms with van der Waals surface area (Å²) in [5.41, 5.74) is 0.703. The number of pyridine rings is 1. The van der Waals surface area contributed by atoms with Crippen LogP contribution in [-0.2, 0) is 6.18 Å². The molecule has 2 heterocycles. The summed E-state index contributed by atoms with van der Waals surface area (Å²) in [5, 5.41) is 4.16. The number of alkyl halides is 3. The Morgan fingerprint density at radius 2 is 1.85 bits per heavy atom. The molecule has 6 heteroatoms. The van der Waals surface area contributed by atoms with Gasteiger partial charge in [-0.25, -0.2) is 4.52 Å². The maximum Gasteiger partial charge on any atom is 0.433 e. The summed E-state index contributed by atoms with van der Waals surface area (Å²) in [6, 6.07) is 2.91. The van der Waals surface area contributed by atoms with Crippen molar-refractivity contribution >= 4 is 17.1 Å². The molecular weight excluding hydrogens is 289 g/mol. The number of aryl methyl sites for hydroxylation is 1. The lowest BCUT2D eigenvalue weighted by molar-refractivity contribution is -0.142. The molecular formula is C14H16ClF3N2. The molecule has 0 amide bonds. The molecule has 2 aromatic rings. The Bertz CT molecular complexity index is 627. The van der Waals surface area contributed by atoms with E-state index in [0.717, 1.165) is 17.4 Å². The van der Waals surface area contributed by atoms with E-state index in [1.165, 1.54) is 6.07 Å². The fraction of sp³-hybridized carbons (Fsp3) is 0.500. The third-order valence-electron chi connectivity index (χ3n) is 3.19. The molecule has 0 N–H and O–H groups in total. The van der Waals surface area contributed by atoms with Crippen molar-refractivity contribution in [2.45, 2.75) is 45.7 Å². The minimum Gasteiger partial charge on any atom is -0.227 e. The molecule has 1 aliphatic rings. The van der Waals surface area contributed by atoms with Crippen LogP contribution >= 0.6 is 11.6 Å². The van der Waals surface area contributed by atoms with Gasteiger partial charge in [0.1, 0.15) is 5.69 Å². The van der Waals surface area contributed by atoms with Crippen LogP contribution in [0.1, 0.15) is 49.6 Å². The Labute approximate surface area is 120 Å². The maximum atomic E-state index is 13.0. The van der Waals surface area contributed by atoms with E-state index in [-0.39, 0.29) is 5.92 Å². The van der Waals surface area contributed by atoms with Crippen LogP contribution in [0, 0.1) is 6.92 Å². The van der Waals surface area contributed by atoms with Crippen molar-refractivity contribution in [2.75, 3.05) is 0 Å². The van der Waals surface area contributed by atoms with Gasteiger partial charge in [0.25, 0.3) is 0 Å². The van der Waals surface area contributed by atoms with E-state index in [1.807, 2.05) is 13.8 Å². The fourth-order valence-electron chi connectivity index (χ4n) is 2.11. The van der Waals surface area contributed by atoms with Crippen LogP contribution in [0.2, 0.25) is 5.02 Å². The monoisotopic (exact) mass is 304 g/mol. The van der Waals surface area contributed by atoms with E-state index in [2.05, 4.69) is 5.10 Å². The number of hydrogen-bond donors (Lipinski definition) is 0. The second-order valence-corrected chi connectivity index (χ2v) is 5.02. The molecule has 1 aliphatic carbocycles. The quantitative estimate of drug-likeness (QED) is 0.706. The second-order valence-electron chi connectivity index (χ2n) is 4.64. The van der Waals surface area contributed by atoms with Gasteiger partial charge in [0.05, 0.1) is 16.2 Å². The van der Waals surface area contributed by atoms with Crippen molar-refractivity contribution in [1.82, 2.24) is 9.61 Å². The normalized spacial score (nSPS) is 15.2. The Kier molecular flexibility index (Phi) is 4.00. The van der Waals surface area contributed by atoms with Crippen molar-refractivity contribution in [3.8, 4) is 0 Å². The lowest BCUT2D eigenvalue weighted by atomic mass is 10.1. The highest BCUT2D eigenvalue weighted by Crippen LogP contribution is 2.43. The standard InChI is InChI=1S/C12H10ClF3N2.C2H6/c1-6-11(13)9-4-8(7-2-3-7)5-10(12(14,15)16)18(9)17-6;1-2/h4-5,7H,2-3H2,1H3;1-2H3. The molecule has 0 spiro atoms. The lowest BCUT2D eigenvalue weighted by Crippen LogP contribution is -2.13. The van der Waals surface area contributed by atoms with E-state index in [0.29, 0.717) is 21.8 Å². The van der Waals surface area contributed by atoms with Crippen LogP contribution < -0.4 is 0 Å². The van der Waals surface area contributed by atoms with Gasteiger partial charge in [0, 0.05) is 0 Å². The van der Waals surface area contributed by atoms with Crippen LogP contribution in [0.4, 0.5) is 13.2 Å². The highest BCUT2D eigenvalue weighted by atomic mass is 35.5. The number of halogens is 4. The molecule has 110 valence electrons. The molecule has 2 nitrogen and oxygen atoms in total. The SMILES string of the molecule is CC.Cc1nn2c(C(F)(F)F)cc(C3CC3)cc2c1Cl. The smallest absolute Gasteiger partial charge is 0.227 e.